The van der Waals surface area contributed by atoms with Crippen LogP contribution in [0.15, 0.2) is 0 Å². The average molecular weight is 278 g/mol. The number of carbonyl (C=O) groups is 1. The van der Waals surface area contributed by atoms with E-state index in [-0.39, 0.29) is 23.9 Å². The van der Waals surface area contributed by atoms with Gasteiger partial charge in [0.15, 0.2) is 0 Å². The molecule has 2 N–H and O–H groups in total. The van der Waals surface area contributed by atoms with E-state index in [9.17, 15) is 4.79 Å². The Morgan fingerprint density at radius 3 is 2.44 bits per heavy atom. The van der Waals surface area contributed by atoms with Gasteiger partial charge in [0.25, 0.3) is 0 Å². The number of rotatable bonds is 5. The smallest absolute Gasteiger partial charge is 0.234 e. The summed E-state index contributed by atoms with van der Waals surface area (Å²) in [6, 6.07) is 0.548. The van der Waals surface area contributed by atoms with Crippen molar-refractivity contribution in [2.45, 2.75) is 51.6 Å². The maximum atomic E-state index is 11.9. The molecule has 0 spiro atoms. The first-order valence-electron chi connectivity index (χ1n) is 6.66. The van der Waals surface area contributed by atoms with E-state index in [1.54, 1.807) is 0 Å². The predicted molar refractivity (Wildman–Crippen MR) is 78.3 cm³/mol. The van der Waals surface area contributed by atoms with Crippen LogP contribution >= 0.6 is 12.4 Å². The van der Waals surface area contributed by atoms with Crippen molar-refractivity contribution >= 4 is 18.3 Å². The molecule has 108 valence electrons. The van der Waals surface area contributed by atoms with Crippen LogP contribution in [-0.2, 0) is 4.79 Å². The van der Waals surface area contributed by atoms with Crippen LogP contribution in [0, 0.1) is 0 Å². The molecule has 1 heterocycles. The Bertz CT molecular complexity index is 253. The Kier molecular flexibility index (Phi) is 7.83. The van der Waals surface area contributed by atoms with Gasteiger partial charge >= 0.3 is 0 Å². The molecule has 1 aliphatic heterocycles. The molecule has 0 aliphatic carbocycles. The molecule has 5 heteroatoms. The second-order valence-electron chi connectivity index (χ2n) is 5.68. The van der Waals surface area contributed by atoms with E-state index >= 15 is 0 Å². The number of hydrogen-bond acceptors (Lipinski definition) is 3. The summed E-state index contributed by atoms with van der Waals surface area (Å²) in [5, 5.41) is 6.42. The third kappa shape index (κ3) is 6.03. The lowest BCUT2D eigenvalue weighted by atomic mass is 10.0. The summed E-state index contributed by atoms with van der Waals surface area (Å²) in [5.74, 6) is 0.137. The number of nitrogens with one attached hydrogen (secondary N) is 2. The van der Waals surface area contributed by atoms with Gasteiger partial charge in [-0.1, -0.05) is 6.92 Å². The van der Waals surface area contributed by atoms with Crippen LogP contribution < -0.4 is 10.6 Å². The van der Waals surface area contributed by atoms with Crippen molar-refractivity contribution in [1.82, 2.24) is 15.5 Å². The fourth-order valence-corrected chi connectivity index (χ4v) is 2.11. The highest BCUT2D eigenvalue weighted by atomic mass is 35.5. The zero-order chi connectivity index (χ0) is 12.9. The van der Waals surface area contributed by atoms with Crippen molar-refractivity contribution in [2.24, 2.45) is 0 Å². The Hall–Kier alpha value is -0.320. The van der Waals surface area contributed by atoms with Gasteiger partial charge < -0.3 is 10.6 Å². The van der Waals surface area contributed by atoms with Crippen molar-refractivity contribution in [3.63, 3.8) is 0 Å². The summed E-state index contributed by atoms with van der Waals surface area (Å²) in [6.07, 6.45) is 3.23. The molecule has 0 bridgehead atoms. The molecule has 1 fully saturated rings. The molecule has 0 aromatic rings. The molecule has 18 heavy (non-hydrogen) atoms. The molecule has 0 radical (unpaired) electrons. The quantitative estimate of drug-likeness (QED) is 0.798. The first-order valence-corrected chi connectivity index (χ1v) is 6.66. The number of nitrogens with zero attached hydrogens (tertiary/aromatic N) is 1. The van der Waals surface area contributed by atoms with Crippen molar-refractivity contribution in [2.75, 3.05) is 26.7 Å². The summed E-state index contributed by atoms with van der Waals surface area (Å²) in [6.45, 7) is 8.86. The van der Waals surface area contributed by atoms with E-state index in [0.717, 1.165) is 32.4 Å². The molecule has 0 unspecified atom stereocenters. The molecule has 4 nitrogen and oxygen atoms in total. The number of likely N-dealkylation sites (N-methyl/N-ethyl adjacent to an activating group) is 1. The normalized spacial score (nSPS) is 17.4. The molecule has 1 amide bonds. The van der Waals surface area contributed by atoms with Crippen LogP contribution in [0.2, 0.25) is 0 Å². The van der Waals surface area contributed by atoms with Gasteiger partial charge in [0, 0.05) is 11.6 Å². The Morgan fingerprint density at radius 2 is 1.94 bits per heavy atom. The highest BCUT2D eigenvalue weighted by Gasteiger charge is 2.22. The van der Waals surface area contributed by atoms with Crippen LogP contribution in [0.3, 0.4) is 0 Å². The number of hydrogen-bond donors (Lipinski definition) is 2. The molecule has 0 aromatic carbocycles. The zero-order valence-corrected chi connectivity index (χ0v) is 12.9. The van der Waals surface area contributed by atoms with Crippen LogP contribution in [0.1, 0.15) is 40.0 Å². The molecule has 1 aliphatic rings. The highest BCUT2D eigenvalue weighted by Crippen LogP contribution is 2.10. The van der Waals surface area contributed by atoms with E-state index in [4.69, 9.17) is 0 Å². The van der Waals surface area contributed by atoms with Crippen molar-refractivity contribution in [3.8, 4) is 0 Å². The van der Waals surface area contributed by atoms with Gasteiger partial charge in [-0.3, -0.25) is 9.69 Å². The number of halogens is 1. The van der Waals surface area contributed by atoms with Gasteiger partial charge in [-0.05, 0) is 53.2 Å². The van der Waals surface area contributed by atoms with Gasteiger partial charge in [0.2, 0.25) is 5.91 Å². The van der Waals surface area contributed by atoms with Crippen LogP contribution in [0.4, 0.5) is 0 Å². The van der Waals surface area contributed by atoms with E-state index in [1.807, 2.05) is 0 Å². The Labute approximate surface area is 117 Å². The maximum absolute atomic E-state index is 11.9. The van der Waals surface area contributed by atoms with Crippen molar-refractivity contribution in [3.05, 3.63) is 0 Å². The third-order valence-electron chi connectivity index (χ3n) is 3.69. The summed E-state index contributed by atoms with van der Waals surface area (Å²) < 4.78 is 0. The number of amides is 1. The summed E-state index contributed by atoms with van der Waals surface area (Å²) in [7, 11) is 2.05. The Morgan fingerprint density at radius 1 is 1.39 bits per heavy atom. The molecule has 1 saturated heterocycles. The van der Waals surface area contributed by atoms with Gasteiger partial charge in [0.05, 0.1) is 6.54 Å². The first kappa shape index (κ1) is 17.7. The minimum Gasteiger partial charge on any atom is -0.350 e. The van der Waals surface area contributed by atoms with Crippen molar-refractivity contribution in [1.29, 1.82) is 0 Å². The third-order valence-corrected chi connectivity index (χ3v) is 3.69. The van der Waals surface area contributed by atoms with E-state index < -0.39 is 0 Å². The fraction of sp³-hybridized carbons (Fsp3) is 0.923. The monoisotopic (exact) mass is 277 g/mol. The number of piperidine rings is 1. The van der Waals surface area contributed by atoms with Gasteiger partial charge in [0.1, 0.15) is 0 Å². The Balaban J connectivity index is 0.00000289. The summed E-state index contributed by atoms with van der Waals surface area (Å²) in [4.78, 5) is 14.1. The second kappa shape index (κ2) is 7.97. The largest absolute Gasteiger partial charge is 0.350 e. The van der Waals surface area contributed by atoms with E-state index in [2.05, 4.69) is 43.4 Å². The lowest BCUT2D eigenvalue weighted by Gasteiger charge is -2.32. The molecule has 0 saturated carbocycles. The van der Waals surface area contributed by atoms with Crippen molar-refractivity contribution < 1.29 is 4.79 Å². The number of carbonyl (C=O) groups excluding carboxylic acids is 1. The van der Waals surface area contributed by atoms with Gasteiger partial charge in [-0.15, -0.1) is 12.4 Å². The minimum atomic E-state index is -0.0912. The van der Waals surface area contributed by atoms with Gasteiger partial charge in [-0.2, -0.15) is 0 Å². The summed E-state index contributed by atoms with van der Waals surface area (Å²) >= 11 is 0. The SMILES string of the molecule is CCC(C)(C)NC(=O)CN(C)C1CCNCC1.Cl. The molecule has 0 atom stereocenters. The highest BCUT2D eigenvalue weighted by molar-refractivity contribution is 5.85. The lowest BCUT2D eigenvalue weighted by molar-refractivity contribution is -0.124. The average Bonchev–Trinajstić information content (AvgIpc) is 2.29. The molecule has 1 rings (SSSR count). The van der Waals surface area contributed by atoms with Crippen LogP contribution in [0.5, 0.6) is 0 Å². The van der Waals surface area contributed by atoms with Crippen LogP contribution in [-0.4, -0.2) is 49.1 Å². The molecular weight excluding hydrogens is 250 g/mol. The lowest BCUT2D eigenvalue weighted by Crippen LogP contribution is -2.49. The summed E-state index contributed by atoms with van der Waals surface area (Å²) in [5.41, 5.74) is -0.0912. The fourth-order valence-electron chi connectivity index (χ4n) is 2.11. The topological polar surface area (TPSA) is 44.4 Å². The van der Waals surface area contributed by atoms with Crippen LogP contribution in [0.25, 0.3) is 0 Å². The maximum Gasteiger partial charge on any atom is 0.234 e. The van der Waals surface area contributed by atoms with E-state index in [0.29, 0.717) is 12.6 Å². The van der Waals surface area contributed by atoms with E-state index in [1.165, 1.54) is 0 Å². The standard InChI is InChI=1S/C13H27N3O.ClH/c1-5-13(2,3)15-12(17)10-16(4)11-6-8-14-9-7-11;/h11,14H,5-10H2,1-4H3,(H,15,17);1H. The molecule has 0 aromatic heterocycles. The predicted octanol–water partition coefficient (Wildman–Crippen LogP) is 1.40. The second-order valence-corrected chi connectivity index (χ2v) is 5.68. The molecular formula is C13H28ClN3O. The van der Waals surface area contributed by atoms with Gasteiger partial charge in [-0.25, -0.2) is 0 Å². The zero-order valence-electron chi connectivity index (χ0n) is 12.1. The minimum absolute atomic E-state index is 0. The first-order chi connectivity index (χ1) is 7.94.